The summed E-state index contributed by atoms with van der Waals surface area (Å²) in [5.41, 5.74) is 3.51. The third kappa shape index (κ3) is 2.41. The zero-order chi connectivity index (χ0) is 18.4. The highest BCUT2D eigenvalue weighted by Crippen LogP contribution is 2.33. The van der Waals surface area contributed by atoms with Gasteiger partial charge in [-0.1, -0.05) is 12.1 Å². The van der Waals surface area contributed by atoms with Gasteiger partial charge in [-0.05, 0) is 49.2 Å². The van der Waals surface area contributed by atoms with Gasteiger partial charge in [-0.15, -0.1) is 4.73 Å². The van der Waals surface area contributed by atoms with Crippen molar-refractivity contribution in [1.82, 2.24) is 19.5 Å². The molecular weight excluding hydrogens is 332 g/mol. The Morgan fingerprint density at radius 2 is 1.88 bits per heavy atom. The molecule has 3 heterocycles. The summed E-state index contributed by atoms with van der Waals surface area (Å²) in [6, 6.07) is 12.3. The van der Waals surface area contributed by atoms with E-state index in [1.54, 1.807) is 6.07 Å². The molecule has 0 saturated carbocycles. The van der Waals surface area contributed by atoms with Gasteiger partial charge in [0.2, 0.25) is 0 Å². The fourth-order valence-corrected chi connectivity index (χ4v) is 3.15. The van der Waals surface area contributed by atoms with Crippen molar-refractivity contribution in [1.29, 1.82) is 0 Å². The molecule has 0 saturated heterocycles. The van der Waals surface area contributed by atoms with Crippen LogP contribution in [0, 0.1) is 13.8 Å². The van der Waals surface area contributed by atoms with E-state index in [9.17, 15) is 15.1 Å². The van der Waals surface area contributed by atoms with E-state index >= 15 is 0 Å². The van der Waals surface area contributed by atoms with Crippen molar-refractivity contribution < 1.29 is 10.3 Å². The molecule has 0 fully saturated rings. The Bertz CT molecular complexity index is 1210. The van der Waals surface area contributed by atoms with Crippen molar-refractivity contribution in [2.75, 3.05) is 0 Å². The highest BCUT2D eigenvalue weighted by Gasteiger charge is 2.15. The molecule has 0 radical (unpaired) electrons. The fourth-order valence-electron chi connectivity index (χ4n) is 3.15. The first-order chi connectivity index (χ1) is 12.5. The molecule has 2 N–H and O–H groups in total. The molecule has 0 unspecified atom stereocenters. The van der Waals surface area contributed by atoms with E-state index in [1.807, 2.05) is 48.9 Å². The Labute approximate surface area is 148 Å². The fraction of sp³-hybridized carbons (Fsp3) is 0.105. The Morgan fingerprint density at radius 3 is 2.62 bits per heavy atom. The van der Waals surface area contributed by atoms with Crippen LogP contribution in [-0.4, -0.2) is 29.8 Å². The molecule has 26 heavy (non-hydrogen) atoms. The lowest BCUT2D eigenvalue weighted by Gasteiger charge is -2.11. The maximum atomic E-state index is 11.7. The van der Waals surface area contributed by atoms with E-state index in [2.05, 4.69) is 10.1 Å². The van der Waals surface area contributed by atoms with Gasteiger partial charge < -0.3 is 10.3 Å². The monoisotopic (exact) mass is 348 g/mol. The van der Waals surface area contributed by atoms with Crippen LogP contribution in [0.2, 0.25) is 0 Å². The Hall–Kier alpha value is -3.61. The minimum absolute atomic E-state index is 0.00372. The van der Waals surface area contributed by atoms with E-state index in [0.29, 0.717) is 15.7 Å². The molecule has 0 aliphatic heterocycles. The molecule has 0 atom stereocenters. The molecular formula is C19H16N4O3. The predicted molar refractivity (Wildman–Crippen MR) is 96.9 cm³/mol. The predicted octanol–water partition coefficient (Wildman–Crippen LogP) is 2.81. The van der Waals surface area contributed by atoms with Crippen LogP contribution in [-0.2, 0) is 0 Å². The average molecular weight is 348 g/mol. The summed E-state index contributed by atoms with van der Waals surface area (Å²) in [6.07, 6.45) is 1.49. The lowest BCUT2D eigenvalue weighted by Crippen LogP contribution is -2.17. The van der Waals surface area contributed by atoms with E-state index in [0.717, 1.165) is 28.7 Å². The third-order valence-electron chi connectivity index (χ3n) is 4.27. The van der Waals surface area contributed by atoms with Gasteiger partial charge in [-0.2, -0.15) is 5.10 Å². The molecule has 0 spiro atoms. The number of hydrogen-bond donors (Lipinski definition) is 2. The van der Waals surface area contributed by atoms with Crippen LogP contribution in [0.5, 0.6) is 5.75 Å². The number of pyridine rings is 2. The van der Waals surface area contributed by atoms with Gasteiger partial charge in [0.25, 0.3) is 5.56 Å². The van der Waals surface area contributed by atoms with Gasteiger partial charge in [0.05, 0.1) is 16.8 Å². The Morgan fingerprint density at radius 1 is 1.08 bits per heavy atom. The maximum absolute atomic E-state index is 11.7. The second kappa shape index (κ2) is 5.73. The molecule has 3 aromatic heterocycles. The standard InChI is InChI=1S/C19H16N4O3/c1-11-8-12(2)22(21-11)14-5-3-4-13(9-14)15-6-7-20-19-18(15)16(24)10-17(25)23(19)26/h3-10,24,26H,1-2H3. The van der Waals surface area contributed by atoms with Crippen LogP contribution >= 0.6 is 0 Å². The van der Waals surface area contributed by atoms with Crippen molar-refractivity contribution in [2.24, 2.45) is 0 Å². The third-order valence-corrected chi connectivity index (χ3v) is 4.27. The molecule has 4 aromatic rings. The summed E-state index contributed by atoms with van der Waals surface area (Å²) in [5, 5.41) is 25.0. The molecule has 7 heteroatoms. The number of aryl methyl sites for hydroxylation is 2. The zero-order valence-corrected chi connectivity index (χ0v) is 14.2. The van der Waals surface area contributed by atoms with Crippen LogP contribution < -0.4 is 5.56 Å². The summed E-state index contributed by atoms with van der Waals surface area (Å²) in [6.45, 7) is 3.91. The van der Waals surface area contributed by atoms with Gasteiger partial charge in [0, 0.05) is 18.0 Å². The summed E-state index contributed by atoms with van der Waals surface area (Å²) in [7, 11) is 0. The number of rotatable bonds is 2. The van der Waals surface area contributed by atoms with E-state index in [4.69, 9.17) is 0 Å². The van der Waals surface area contributed by atoms with Crippen LogP contribution in [0.15, 0.2) is 53.5 Å². The van der Waals surface area contributed by atoms with E-state index < -0.39 is 5.56 Å². The van der Waals surface area contributed by atoms with Crippen LogP contribution in [0.25, 0.3) is 27.8 Å². The van der Waals surface area contributed by atoms with Crippen LogP contribution in [0.1, 0.15) is 11.4 Å². The highest BCUT2D eigenvalue weighted by atomic mass is 16.5. The van der Waals surface area contributed by atoms with Gasteiger partial charge >= 0.3 is 0 Å². The van der Waals surface area contributed by atoms with Crippen molar-refractivity contribution in [3.8, 4) is 22.6 Å². The van der Waals surface area contributed by atoms with Crippen molar-refractivity contribution >= 4 is 11.0 Å². The number of fused-ring (bicyclic) bond motifs is 1. The number of nitrogens with zero attached hydrogens (tertiary/aromatic N) is 4. The van der Waals surface area contributed by atoms with E-state index in [-0.39, 0.29) is 11.4 Å². The molecule has 0 bridgehead atoms. The number of hydrogen-bond acceptors (Lipinski definition) is 5. The SMILES string of the molecule is Cc1cc(C)n(-c2cccc(-c3ccnc4c3c(O)cc(=O)n4O)c2)n1. The van der Waals surface area contributed by atoms with Crippen molar-refractivity contribution in [2.45, 2.75) is 13.8 Å². The van der Waals surface area contributed by atoms with Gasteiger partial charge in [0.15, 0.2) is 5.65 Å². The van der Waals surface area contributed by atoms with Gasteiger partial charge in [0.1, 0.15) is 5.75 Å². The summed E-state index contributed by atoms with van der Waals surface area (Å²) in [5.74, 6) is -0.227. The molecule has 4 rings (SSSR count). The Kier molecular flexibility index (Phi) is 3.50. The summed E-state index contributed by atoms with van der Waals surface area (Å²) in [4.78, 5) is 15.7. The molecule has 0 amide bonds. The molecule has 130 valence electrons. The lowest BCUT2D eigenvalue weighted by molar-refractivity contribution is 0.186. The number of aromatic nitrogens is 4. The normalized spacial score (nSPS) is 11.2. The second-order valence-electron chi connectivity index (χ2n) is 6.13. The molecule has 1 aromatic carbocycles. The van der Waals surface area contributed by atoms with Gasteiger partial charge in [-0.3, -0.25) is 4.79 Å². The van der Waals surface area contributed by atoms with Crippen molar-refractivity contribution in [3.63, 3.8) is 0 Å². The van der Waals surface area contributed by atoms with Crippen LogP contribution in [0.4, 0.5) is 0 Å². The minimum Gasteiger partial charge on any atom is -0.507 e. The first-order valence-corrected chi connectivity index (χ1v) is 8.03. The second-order valence-corrected chi connectivity index (χ2v) is 6.13. The van der Waals surface area contributed by atoms with Crippen LogP contribution in [0.3, 0.4) is 0 Å². The highest BCUT2D eigenvalue weighted by molar-refractivity contribution is 5.97. The topological polar surface area (TPSA) is 93.2 Å². The molecule has 0 aliphatic carbocycles. The number of benzene rings is 1. The van der Waals surface area contributed by atoms with Crippen molar-refractivity contribution in [3.05, 3.63) is 70.4 Å². The smallest absolute Gasteiger partial charge is 0.288 e. The summed E-state index contributed by atoms with van der Waals surface area (Å²) >= 11 is 0. The zero-order valence-electron chi connectivity index (χ0n) is 14.2. The lowest BCUT2D eigenvalue weighted by atomic mass is 10.0. The molecule has 7 nitrogen and oxygen atoms in total. The first-order valence-electron chi connectivity index (χ1n) is 8.03. The molecule has 0 aliphatic rings. The maximum Gasteiger partial charge on any atom is 0.288 e. The minimum atomic E-state index is -0.740. The quantitative estimate of drug-likeness (QED) is 0.543. The first kappa shape index (κ1) is 15.9. The largest absolute Gasteiger partial charge is 0.507 e. The summed E-state index contributed by atoms with van der Waals surface area (Å²) < 4.78 is 2.27. The van der Waals surface area contributed by atoms with Gasteiger partial charge in [-0.25, -0.2) is 9.67 Å². The van der Waals surface area contributed by atoms with E-state index in [1.165, 1.54) is 6.20 Å². The number of aromatic hydroxyl groups is 1. The average Bonchev–Trinajstić information content (AvgIpc) is 2.97. The Balaban J connectivity index is 1.97.